The van der Waals surface area contributed by atoms with Crippen molar-refractivity contribution >= 4 is 19.7 Å². The Labute approximate surface area is 160 Å². The molecule has 26 heavy (non-hydrogen) atoms. The van der Waals surface area contributed by atoms with Crippen LogP contribution < -0.4 is 0 Å². The second-order valence-electron chi connectivity index (χ2n) is 9.23. The van der Waals surface area contributed by atoms with Crippen LogP contribution in [0.3, 0.4) is 0 Å². The second-order valence-corrected chi connectivity index (χ2v) is 14.1. The van der Waals surface area contributed by atoms with E-state index < -0.39 is 8.32 Å². The van der Waals surface area contributed by atoms with Gasteiger partial charge in [-0.2, -0.15) is 0 Å². The van der Waals surface area contributed by atoms with E-state index in [0.29, 0.717) is 35.1 Å². The fourth-order valence-corrected chi connectivity index (χ4v) is 9.92. The number of carbonyl (C=O) groups is 1. The molecule has 1 aromatic carbocycles. The topological polar surface area (TPSA) is 26.3 Å². The highest BCUT2D eigenvalue weighted by Crippen LogP contribution is 2.53. The average molecular weight is 371 g/mol. The van der Waals surface area contributed by atoms with Crippen molar-refractivity contribution in [3.05, 3.63) is 41.5 Å². The molecule has 0 N–H and O–H groups in total. The fourth-order valence-electron chi connectivity index (χ4n) is 5.11. The van der Waals surface area contributed by atoms with E-state index >= 15 is 0 Å². The molecule has 0 unspecified atom stereocenters. The number of rotatable bonds is 5. The van der Waals surface area contributed by atoms with Crippen molar-refractivity contribution in [1.29, 1.82) is 0 Å². The molecule has 0 amide bonds. The minimum absolute atomic E-state index is 0.117. The van der Waals surface area contributed by atoms with Crippen molar-refractivity contribution in [3.63, 3.8) is 0 Å². The number of Topliss-reactive ketones (excluding diaryl/α,β-unsaturated/α-hetero) is 1. The normalized spacial score (nSPS) is 25.5. The Hall–Kier alpha value is -1.19. The Balaban J connectivity index is 2.11. The number of benzene rings is 1. The monoisotopic (exact) mass is 370 g/mol. The van der Waals surface area contributed by atoms with Gasteiger partial charge in [0.2, 0.25) is 0 Å². The van der Waals surface area contributed by atoms with Gasteiger partial charge in [-0.3, -0.25) is 4.79 Å². The van der Waals surface area contributed by atoms with Gasteiger partial charge in [0.15, 0.2) is 14.1 Å². The predicted octanol–water partition coefficient (Wildman–Crippen LogP) is 6.24. The summed E-state index contributed by atoms with van der Waals surface area (Å²) < 4.78 is 7.05. The van der Waals surface area contributed by atoms with E-state index in [4.69, 9.17) is 4.43 Å². The molecule has 3 rings (SSSR count). The van der Waals surface area contributed by atoms with E-state index in [-0.39, 0.29) is 6.10 Å². The minimum Gasteiger partial charge on any atom is -0.410 e. The fraction of sp³-hybridized carbons (Fsp3) is 0.609. The maximum absolute atomic E-state index is 13.0. The lowest BCUT2D eigenvalue weighted by Crippen LogP contribution is -2.53. The molecule has 0 bridgehead atoms. The maximum atomic E-state index is 13.0. The Morgan fingerprint density at radius 2 is 1.65 bits per heavy atom. The van der Waals surface area contributed by atoms with Crippen molar-refractivity contribution in [1.82, 2.24) is 0 Å². The van der Waals surface area contributed by atoms with Crippen LogP contribution in [0.2, 0.25) is 17.1 Å². The van der Waals surface area contributed by atoms with Crippen LogP contribution in [-0.4, -0.2) is 20.2 Å². The first-order chi connectivity index (χ1) is 12.3. The summed E-state index contributed by atoms with van der Waals surface area (Å²) in [5, 5.41) is 0. The lowest BCUT2D eigenvalue weighted by atomic mass is 9.89. The quantitative estimate of drug-likeness (QED) is 0.573. The van der Waals surface area contributed by atoms with E-state index in [0.717, 1.165) is 23.6 Å². The van der Waals surface area contributed by atoms with E-state index in [1.54, 1.807) is 0 Å². The summed E-state index contributed by atoms with van der Waals surface area (Å²) in [6.45, 7) is 13.9. The summed E-state index contributed by atoms with van der Waals surface area (Å²) in [5.41, 5.74) is 4.52. The van der Waals surface area contributed by atoms with Gasteiger partial charge in [0.1, 0.15) is 0 Å². The molecule has 0 saturated carbocycles. The van der Waals surface area contributed by atoms with Crippen LogP contribution in [0.15, 0.2) is 35.9 Å². The van der Waals surface area contributed by atoms with E-state index in [9.17, 15) is 4.79 Å². The number of hydrogen-bond acceptors (Lipinski definition) is 2. The zero-order chi connectivity index (χ0) is 19.1. The average Bonchev–Trinajstić information content (AvgIpc) is 2.90. The molecule has 0 aromatic heterocycles. The standard InChI is InChI=1S/C23H34O2Si/c1-15(2)12-21-23-19(14-26(25-21,16(3)4)17(5)6)13-20(24)22(23)18-10-8-7-9-11-18/h7-11,15-17,19,21H,12-14H2,1-6H3/t19-,21-/m0/s1. The molecule has 0 spiro atoms. The van der Waals surface area contributed by atoms with Crippen LogP contribution in [0.25, 0.3) is 5.57 Å². The van der Waals surface area contributed by atoms with Gasteiger partial charge < -0.3 is 4.43 Å². The molecular formula is C23H34O2Si. The Morgan fingerprint density at radius 3 is 2.19 bits per heavy atom. The minimum atomic E-state index is -1.90. The van der Waals surface area contributed by atoms with Crippen LogP contribution in [0.4, 0.5) is 0 Å². The van der Waals surface area contributed by atoms with Crippen LogP contribution in [-0.2, 0) is 9.22 Å². The third-order valence-electron chi connectivity index (χ3n) is 6.42. The molecule has 2 nitrogen and oxygen atoms in total. The van der Waals surface area contributed by atoms with Gasteiger partial charge in [-0.25, -0.2) is 0 Å². The summed E-state index contributed by atoms with van der Waals surface area (Å²) in [6.07, 6.45) is 1.82. The molecule has 2 atom stereocenters. The zero-order valence-electron chi connectivity index (χ0n) is 17.2. The van der Waals surface area contributed by atoms with Crippen molar-refractivity contribution in [2.75, 3.05) is 0 Å². The number of carbonyl (C=O) groups excluding carboxylic acids is 1. The molecule has 1 heterocycles. The van der Waals surface area contributed by atoms with Crippen LogP contribution >= 0.6 is 0 Å². The molecule has 0 radical (unpaired) electrons. The molecule has 1 fully saturated rings. The molecule has 1 aliphatic heterocycles. The van der Waals surface area contributed by atoms with E-state index in [2.05, 4.69) is 53.7 Å². The van der Waals surface area contributed by atoms with Crippen LogP contribution in [0, 0.1) is 11.8 Å². The number of allylic oxidation sites excluding steroid dienone is 1. The SMILES string of the molecule is CC(C)C[C@@H]1O[Si](C(C)C)(C(C)C)C[C@@H]2CC(=O)C(c3ccccc3)=C21. The summed E-state index contributed by atoms with van der Waals surface area (Å²) in [7, 11) is -1.90. The first kappa shape index (κ1) is 19.6. The number of hydrogen-bond donors (Lipinski definition) is 0. The maximum Gasteiger partial charge on any atom is 0.199 e. The van der Waals surface area contributed by atoms with Crippen molar-refractivity contribution in [2.45, 2.75) is 77.6 Å². The molecule has 1 aliphatic carbocycles. The van der Waals surface area contributed by atoms with Crippen molar-refractivity contribution in [3.8, 4) is 0 Å². The molecule has 1 aromatic rings. The summed E-state index contributed by atoms with van der Waals surface area (Å²) in [6, 6.07) is 11.4. The zero-order valence-corrected chi connectivity index (χ0v) is 18.2. The lowest BCUT2D eigenvalue weighted by molar-refractivity contribution is -0.113. The van der Waals surface area contributed by atoms with Gasteiger partial charge >= 0.3 is 0 Å². The highest BCUT2D eigenvalue weighted by Gasteiger charge is 2.53. The van der Waals surface area contributed by atoms with Gasteiger partial charge in [0.25, 0.3) is 0 Å². The Bertz CT molecular complexity index is 679. The van der Waals surface area contributed by atoms with Gasteiger partial charge in [-0.15, -0.1) is 0 Å². The van der Waals surface area contributed by atoms with Gasteiger partial charge in [0, 0.05) is 12.0 Å². The smallest absolute Gasteiger partial charge is 0.199 e. The van der Waals surface area contributed by atoms with E-state index in [1.807, 2.05) is 18.2 Å². The van der Waals surface area contributed by atoms with E-state index in [1.165, 1.54) is 5.57 Å². The first-order valence-electron chi connectivity index (χ1n) is 10.3. The molecule has 2 aliphatic rings. The van der Waals surface area contributed by atoms with Crippen molar-refractivity contribution in [2.24, 2.45) is 11.8 Å². The number of fused-ring (bicyclic) bond motifs is 1. The van der Waals surface area contributed by atoms with Crippen LogP contribution in [0.1, 0.15) is 59.9 Å². The summed E-state index contributed by atoms with van der Waals surface area (Å²) in [5.74, 6) is 1.28. The Morgan fingerprint density at radius 1 is 1.04 bits per heavy atom. The third-order valence-corrected chi connectivity index (χ3v) is 12.2. The van der Waals surface area contributed by atoms with Gasteiger partial charge in [0.05, 0.1) is 6.10 Å². The van der Waals surface area contributed by atoms with Gasteiger partial charge in [-0.05, 0) is 46.5 Å². The lowest BCUT2D eigenvalue weighted by Gasteiger charge is -2.49. The van der Waals surface area contributed by atoms with Gasteiger partial charge in [-0.1, -0.05) is 71.9 Å². The predicted molar refractivity (Wildman–Crippen MR) is 112 cm³/mol. The largest absolute Gasteiger partial charge is 0.410 e. The Kier molecular flexibility index (Phi) is 5.60. The molecule has 142 valence electrons. The summed E-state index contributed by atoms with van der Waals surface area (Å²) in [4.78, 5) is 13.0. The third kappa shape index (κ3) is 3.36. The number of ketones is 1. The summed E-state index contributed by atoms with van der Waals surface area (Å²) >= 11 is 0. The van der Waals surface area contributed by atoms with Crippen LogP contribution in [0.5, 0.6) is 0 Å². The molecule has 1 saturated heterocycles. The molecular weight excluding hydrogens is 336 g/mol. The first-order valence-corrected chi connectivity index (χ1v) is 12.5. The highest BCUT2D eigenvalue weighted by atomic mass is 28.4. The van der Waals surface area contributed by atoms with Crippen molar-refractivity contribution < 1.29 is 9.22 Å². The molecule has 3 heteroatoms. The highest BCUT2D eigenvalue weighted by molar-refractivity contribution is 6.76. The second kappa shape index (κ2) is 7.44.